The van der Waals surface area contributed by atoms with E-state index in [9.17, 15) is 19.7 Å². The van der Waals surface area contributed by atoms with Gasteiger partial charge in [-0.05, 0) is 24.1 Å². The normalized spacial score (nSPS) is 11.4. The van der Waals surface area contributed by atoms with Crippen molar-refractivity contribution in [2.45, 2.75) is 12.5 Å². The highest BCUT2D eigenvalue weighted by molar-refractivity contribution is 5.86. The molecule has 0 aromatic heterocycles. The number of non-ortho nitro benzene ring substituents is 1. The number of hydrogen-bond donors (Lipinski definition) is 2. The number of carbonyl (C=O) groups excluding carboxylic acids is 2. The van der Waals surface area contributed by atoms with E-state index in [4.69, 9.17) is 10.5 Å². The lowest BCUT2D eigenvalue weighted by Crippen LogP contribution is -2.44. The summed E-state index contributed by atoms with van der Waals surface area (Å²) in [6.07, 6.45) is 0.351. The van der Waals surface area contributed by atoms with Gasteiger partial charge in [0.05, 0.1) is 11.0 Å². The van der Waals surface area contributed by atoms with Crippen LogP contribution in [0.1, 0.15) is 5.56 Å². The van der Waals surface area contributed by atoms with E-state index in [0.29, 0.717) is 6.42 Å². The first-order valence-electron chi connectivity index (χ1n) is 7.48. The van der Waals surface area contributed by atoms with Gasteiger partial charge in [-0.25, -0.2) is 4.79 Å². The van der Waals surface area contributed by atoms with Gasteiger partial charge in [0.25, 0.3) is 5.69 Å². The van der Waals surface area contributed by atoms with Crippen LogP contribution in [0.3, 0.4) is 0 Å². The molecule has 0 bridgehead atoms. The van der Waals surface area contributed by atoms with Gasteiger partial charge in [-0.1, -0.05) is 30.3 Å². The Hall–Kier alpha value is -3.26. The number of nitro groups is 1. The number of esters is 1. The molecule has 0 aliphatic rings. The highest BCUT2D eigenvalue weighted by atomic mass is 16.6. The second kappa shape index (κ2) is 8.55. The van der Waals surface area contributed by atoms with E-state index >= 15 is 0 Å². The van der Waals surface area contributed by atoms with Crippen LogP contribution in [0.5, 0.6) is 5.75 Å². The molecule has 25 heavy (non-hydrogen) atoms. The number of ether oxygens (including phenoxy) is 1. The maximum atomic E-state index is 11.9. The first-order valence-corrected chi connectivity index (χ1v) is 7.48. The predicted molar refractivity (Wildman–Crippen MR) is 89.9 cm³/mol. The Morgan fingerprint density at radius 2 is 1.76 bits per heavy atom. The molecular weight excluding hydrogens is 326 g/mol. The Kier molecular flexibility index (Phi) is 6.19. The predicted octanol–water partition coefficient (Wildman–Crippen LogP) is 1.19. The largest absolute Gasteiger partial charge is 0.425 e. The van der Waals surface area contributed by atoms with Crippen molar-refractivity contribution in [1.82, 2.24) is 5.32 Å². The van der Waals surface area contributed by atoms with Crippen LogP contribution in [-0.2, 0) is 16.0 Å². The van der Waals surface area contributed by atoms with Crippen LogP contribution in [0.25, 0.3) is 0 Å². The van der Waals surface area contributed by atoms with Crippen LogP contribution in [0.15, 0.2) is 54.6 Å². The second-order valence-corrected chi connectivity index (χ2v) is 5.24. The van der Waals surface area contributed by atoms with Gasteiger partial charge in [0.1, 0.15) is 12.3 Å². The molecule has 8 nitrogen and oxygen atoms in total. The molecule has 2 rings (SSSR count). The molecular formula is C17H17N3O5. The van der Waals surface area contributed by atoms with Gasteiger partial charge >= 0.3 is 5.97 Å². The Labute approximate surface area is 143 Å². The average Bonchev–Trinajstić information content (AvgIpc) is 2.61. The highest BCUT2D eigenvalue weighted by Gasteiger charge is 2.16. The van der Waals surface area contributed by atoms with Crippen molar-refractivity contribution in [3.63, 3.8) is 0 Å². The summed E-state index contributed by atoms with van der Waals surface area (Å²) in [5, 5.41) is 13.0. The van der Waals surface area contributed by atoms with Gasteiger partial charge in [-0.2, -0.15) is 0 Å². The quantitative estimate of drug-likeness (QED) is 0.337. The number of carbonyl (C=O) groups is 2. The van der Waals surface area contributed by atoms with Crippen molar-refractivity contribution in [1.29, 1.82) is 0 Å². The SMILES string of the molecule is N[C@@H](Cc1ccccc1)C(=O)NCC(=O)Oc1ccc([N+](=O)[O-])cc1. The lowest BCUT2D eigenvalue weighted by Gasteiger charge is -2.12. The van der Waals surface area contributed by atoms with Crippen LogP contribution in [0.4, 0.5) is 5.69 Å². The van der Waals surface area contributed by atoms with Gasteiger partial charge < -0.3 is 15.8 Å². The maximum absolute atomic E-state index is 11.9. The van der Waals surface area contributed by atoms with Crippen LogP contribution >= 0.6 is 0 Å². The van der Waals surface area contributed by atoms with Crippen LogP contribution in [0, 0.1) is 10.1 Å². The minimum Gasteiger partial charge on any atom is -0.425 e. The van der Waals surface area contributed by atoms with Crippen LogP contribution < -0.4 is 15.8 Å². The minimum absolute atomic E-state index is 0.111. The van der Waals surface area contributed by atoms with E-state index in [2.05, 4.69) is 5.32 Å². The molecule has 0 saturated carbocycles. The summed E-state index contributed by atoms with van der Waals surface area (Å²) >= 11 is 0. The lowest BCUT2D eigenvalue weighted by atomic mass is 10.1. The molecule has 0 fully saturated rings. The lowest BCUT2D eigenvalue weighted by molar-refractivity contribution is -0.384. The topological polar surface area (TPSA) is 125 Å². The first-order chi connectivity index (χ1) is 12.0. The molecule has 2 aromatic rings. The van der Waals surface area contributed by atoms with Crippen LogP contribution in [0.2, 0.25) is 0 Å². The van der Waals surface area contributed by atoms with Crippen LogP contribution in [-0.4, -0.2) is 29.4 Å². The monoisotopic (exact) mass is 343 g/mol. The first kappa shape index (κ1) is 18.1. The summed E-state index contributed by atoms with van der Waals surface area (Å²) in [6.45, 7) is -0.349. The Morgan fingerprint density at radius 1 is 1.12 bits per heavy atom. The number of nitrogens with one attached hydrogen (secondary N) is 1. The zero-order valence-corrected chi connectivity index (χ0v) is 13.3. The molecule has 0 heterocycles. The summed E-state index contributed by atoms with van der Waals surface area (Å²) in [4.78, 5) is 33.6. The zero-order valence-electron chi connectivity index (χ0n) is 13.3. The van der Waals surface area contributed by atoms with E-state index in [-0.39, 0.29) is 18.0 Å². The van der Waals surface area contributed by atoms with E-state index in [0.717, 1.165) is 5.56 Å². The Bertz CT molecular complexity index is 747. The van der Waals surface area contributed by atoms with Gasteiger partial charge in [-0.15, -0.1) is 0 Å². The number of amides is 1. The molecule has 0 radical (unpaired) electrons. The minimum atomic E-state index is -0.783. The van der Waals surface area contributed by atoms with Gasteiger partial charge in [0, 0.05) is 12.1 Å². The molecule has 8 heteroatoms. The van der Waals surface area contributed by atoms with Crippen molar-refractivity contribution in [3.8, 4) is 5.75 Å². The molecule has 2 aromatic carbocycles. The van der Waals surface area contributed by atoms with Crippen molar-refractivity contribution in [2.24, 2.45) is 5.73 Å². The number of rotatable bonds is 7. The van der Waals surface area contributed by atoms with E-state index < -0.39 is 22.8 Å². The van der Waals surface area contributed by atoms with Crippen molar-refractivity contribution in [3.05, 3.63) is 70.3 Å². The van der Waals surface area contributed by atoms with E-state index in [1.54, 1.807) is 0 Å². The van der Waals surface area contributed by atoms with Crippen molar-refractivity contribution < 1.29 is 19.2 Å². The fourth-order valence-corrected chi connectivity index (χ4v) is 2.05. The zero-order chi connectivity index (χ0) is 18.2. The summed E-state index contributed by atoms with van der Waals surface area (Å²) in [5.41, 5.74) is 6.61. The summed E-state index contributed by atoms with van der Waals surface area (Å²) in [5.74, 6) is -1.02. The molecule has 0 aliphatic carbocycles. The molecule has 1 amide bonds. The number of nitrogens with zero attached hydrogens (tertiary/aromatic N) is 1. The van der Waals surface area contributed by atoms with E-state index in [1.807, 2.05) is 30.3 Å². The number of nitrogens with two attached hydrogens (primary N) is 1. The third kappa shape index (κ3) is 5.70. The number of hydrogen-bond acceptors (Lipinski definition) is 6. The van der Waals surface area contributed by atoms with Gasteiger partial charge in [0.15, 0.2) is 0 Å². The fourth-order valence-electron chi connectivity index (χ4n) is 2.05. The number of nitro benzene ring substituents is 1. The third-order valence-corrected chi connectivity index (χ3v) is 3.32. The molecule has 130 valence electrons. The smallest absolute Gasteiger partial charge is 0.330 e. The second-order valence-electron chi connectivity index (χ2n) is 5.24. The summed E-state index contributed by atoms with van der Waals surface area (Å²) < 4.78 is 4.98. The standard InChI is InChI=1S/C17H17N3O5/c18-15(10-12-4-2-1-3-5-12)17(22)19-11-16(21)25-14-8-6-13(7-9-14)20(23)24/h1-9,15H,10-11,18H2,(H,19,22)/t15-/m0/s1. The molecule has 0 saturated heterocycles. The van der Waals surface area contributed by atoms with E-state index in [1.165, 1.54) is 24.3 Å². The van der Waals surface area contributed by atoms with Crippen molar-refractivity contribution in [2.75, 3.05) is 6.54 Å². The molecule has 0 aliphatic heterocycles. The Morgan fingerprint density at radius 3 is 2.36 bits per heavy atom. The highest BCUT2D eigenvalue weighted by Crippen LogP contribution is 2.17. The molecule has 3 N–H and O–H groups in total. The molecule has 1 atom stereocenters. The van der Waals surface area contributed by atoms with Gasteiger partial charge in [-0.3, -0.25) is 14.9 Å². The average molecular weight is 343 g/mol. The molecule has 0 unspecified atom stereocenters. The maximum Gasteiger partial charge on any atom is 0.330 e. The van der Waals surface area contributed by atoms with Gasteiger partial charge in [0.2, 0.25) is 5.91 Å². The summed E-state index contributed by atoms with van der Waals surface area (Å²) in [7, 11) is 0. The Balaban J connectivity index is 1.78. The summed E-state index contributed by atoms with van der Waals surface area (Å²) in [6, 6.07) is 13.5. The third-order valence-electron chi connectivity index (χ3n) is 3.32. The molecule has 0 spiro atoms. The fraction of sp³-hybridized carbons (Fsp3) is 0.176. The van der Waals surface area contributed by atoms with Crippen molar-refractivity contribution >= 4 is 17.6 Å². The number of benzene rings is 2.